The van der Waals surface area contributed by atoms with Crippen LogP contribution in [0.5, 0.6) is 0 Å². The highest BCUT2D eigenvalue weighted by atomic mass is 32.1. The second-order valence-electron chi connectivity index (χ2n) is 6.20. The van der Waals surface area contributed by atoms with Gasteiger partial charge in [-0.1, -0.05) is 29.6 Å². The summed E-state index contributed by atoms with van der Waals surface area (Å²) in [5.41, 5.74) is 0.764. The molecule has 8 heteroatoms. The Bertz CT molecular complexity index is 997. The van der Waals surface area contributed by atoms with E-state index in [1.54, 1.807) is 23.4 Å². The van der Waals surface area contributed by atoms with Gasteiger partial charge in [0.05, 0.1) is 12.2 Å². The van der Waals surface area contributed by atoms with E-state index in [2.05, 4.69) is 20.6 Å². The lowest BCUT2D eigenvalue weighted by Gasteiger charge is -2.16. The monoisotopic (exact) mass is 395 g/mol. The van der Waals surface area contributed by atoms with Gasteiger partial charge in [-0.3, -0.25) is 4.79 Å². The van der Waals surface area contributed by atoms with Crippen LogP contribution in [0, 0.1) is 5.82 Å². The second kappa shape index (κ2) is 8.18. The van der Waals surface area contributed by atoms with Gasteiger partial charge in [0.1, 0.15) is 11.6 Å². The molecule has 0 unspecified atom stereocenters. The number of thiazole rings is 1. The topological polar surface area (TPSA) is 70.1 Å². The summed E-state index contributed by atoms with van der Waals surface area (Å²) in [5, 5.41) is 6.90. The van der Waals surface area contributed by atoms with E-state index in [-0.39, 0.29) is 5.91 Å². The molecular formula is C20H18FN5OS. The predicted molar refractivity (Wildman–Crippen MR) is 108 cm³/mol. The average molecular weight is 395 g/mol. The van der Waals surface area contributed by atoms with E-state index in [9.17, 15) is 9.18 Å². The largest absolute Gasteiger partial charge is 0.378 e. The summed E-state index contributed by atoms with van der Waals surface area (Å²) in [6.07, 6.45) is 7.32. The first-order valence-corrected chi connectivity index (χ1v) is 9.61. The van der Waals surface area contributed by atoms with Crippen LogP contribution in [0.25, 0.3) is 0 Å². The number of rotatable bonds is 6. The fraction of sp³-hybridized carbons (Fsp3) is 0.150. The normalized spacial score (nSPS) is 13.0. The van der Waals surface area contributed by atoms with E-state index >= 15 is 0 Å². The van der Waals surface area contributed by atoms with Gasteiger partial charge >= 0.3 is 0 Å². The molecule has 0 fully saturated rings. The molecule has 0 bridgehead atoms. The van der Waals surface area contributed by atoms with Gasteiger partial charge in [0.25, 0.3) is 5.91 Å². The quantitative estimate of drug-likeness (QED) is 0.617. The summed E-state index contributed by atoms with van der Waals surface area (Å²) in [6, 6.07) is 9.98. The summed E-state index contributed by atoms with van der Waals surface area (Å²) in [5.74, 6) is 0.213. The number of anilines is 3. The number of nitrogens with zero attached hydrogens (tertiary/aromatic N) is 3. The van der Waals surface area contributed by atoms with Crippen LogP contribution in [-0.4, -0.2) is 33.9 Å². The van der Waals surface area contributed by atoms with E-state index < -0.39 is 5.82 Å². The molecule has 0 spiro atoms. The Labute approximate surface area is 165 Å². The molecule has 2 aromatic heterocycles. The van der Waals surface area contributed by atoms with Gasteiger partial charge in [0, 0.05) is 35.9 Å². The van der Waals surface area contributed by atoms with Crippen molar-refractivity contribution in [2.24, 2.45) is 0 Å². The average Bonchev–Trinajstić information content (AvgIpc) is 3.40. The molecule has 0 aliphatic carbocycles. The van der Waals surface area contributed by atoms with Crippen LogP contribution < -0.4 is 10.6 Å². The summed E-state index contributed by atoms with van der Waals surface area (Å²) in [4.78, 5) is 23.6. The number of aromatic nitrogens is 2. The fourth-order valence-electron chi connectivity index (χ4n) is 2.80. The lowest BCUT2D eigenvalue weighted by Crippen LogP contribution is -2.28. The molecule has 0 atom stereocenters. The molecule has 0 saturated heterocycles. The first-order chi connectivity index (χ1) is 13.7. The molecule has 1 aliphatic rings. The van der Waals surface area contributed by atoms with E-state index in [4.69, 9.17) is 0 Å². The van der Waals surface area contributed by atoms with Crippen LogP contribution >= 0.6 is 11.3 Å². The maximum Gasteiger partial charge on any atom is 0.254 e. The highest BCUT2D eigenvalue weighted by Gasteiger charge is 2.17. The summed E-state index contributed by atoms with van der Waals surface area (Å²) in [7, 11) is 0. The predicted octanol–water partition coefficient (Wildman–Crippen LogP) is 4.04. The van der Waals surface area contributed by atoms with Crippen molar-refractivity contribution in [2.45, 2.75) is 6.54 Å². The number of carbonyl (C=O) groups excluding carboxylic acids is 1. The van der Waals surface area contributed by atoms with Gasteiger partial charge in [-0.05, 0) is 30.3 Å². The molecule has 1 aromatic carbocycles. The van der Waals surface area contributed by atoms with Gasteiger partial charge in [0.15, 0.2) is 5.13 Å². The lowest BCUT2D eigenvalue weighted by atomic mass is 10.1. The Morgan fingerprint density at radius 3 is 2.82 bits per heavy atom. The number of hydrogen-bond donors (Lipinski definition) is 2. The molecule has 1 amide bonds. The first-order valence-electron chi connectivity index (χ1n) is 8.79. The van der Waals surface area contributed by atoms with Crippen molar-refractivity contribution < 1.29 is 9.18 Å². The van der Waals surface area contributed by atoms with Gasteiger partial charge in [0.2, 0.25) is 0 Å². The third-order valence-corrected chi connectivity index (χ3v) is 5.14. The zero-order chi connectivity index (χ0) is 19.3. The zero-order valence-corrected chi connectivity index (χ0v) is 15.7. The summed E-state index contributed by atoms with van der Waals surface area (Å²) in [6.45, 7) is 1.58. The van der Waals surface area contributed by atoms with Crippen LogP contribution in [0.4, 0.5) is 21.0 Å². The highest BCUT2D eigenvalue weighted by molar-refractivity contribution is 7.15. The van der Waals surface area contributed by atoms with E-state index in [1.807, 2.05) is 30.4 Å². The Morgan fingerprint density at radius 2 is 2.04 bits per heavy atom. The van der Waals surface area contributed by atoms with Crippen LogP contribution in [0.1, 0.15) is 15.2 Å². The number of hydrogen-bond acceptors (Lipinski definition) is 6. The lowest BCUT2D eigenvalue weighted by molar-refractivity contribution is 0.0800. The van der Waals surface area contributed by atoms with Crippen molar-refractivity contribution in [3.05, 3.63) is 77.2 Å². The molecule has 4 rings (SSSR count). The van der Waals surface area contributed by atoms with Gasteiger partial charge in [-0.15, -0.1) is 0 Å². The standard InChI is InChI=1S/C20H18FN5OS/c21-16-7-6-14(19(27)26-9-3-4-10-26)11-17(16)23-12-15-13-24-20(28-15)25-18-5-1-2-8-22-18/h1-8,11,13,23H,9-10,12H2,(H,22,24,25). The number of pyridine rings is 1. The molecule has 6 nitrogen and oxygen atoms in total. The Hall–Kier alpha value is -3.26. The Kier molecular flexibility index (Phi) is 5.29. The molecule has 3 aromatic rings. The number of carbonyl (C=O) groups is 1. The molecular weight excluding hydrogens is 377 g/mol. The summed E-state index contributed by atoms with van der Waals surface area (Å²) >= 11 is 1.45. The molecule has 1 aliphatic heterocycles. The molecule has 3 heterocycles. The van der Waals surface area contributed by atoms with E-state index in [0.29, 0.717) is 41.8 Å². The van der Waals surface area contributed by atoms with Crippen molar-refractivity contribution in [3.63, 3.8) is 0 Å². The SMILES string of the molecule is O=C(c1ccc(F)c(NCc2cnc(Nc3ccccn3)s2)c1)N1CC=CC1. The number of nitrogens with one attached hydrogen (secondary N) is 2. The van der Waals surface area contributed by atoms with Crippen molar-refractivity contribution in [3.8, 4) is 0 Å². The smallest absolute Gasteiger partial charge is 0.254 e. The van der Waals surface area contributed by atoms with Crippen molar-refractivity contribution in [2.75, 3.05) is 23.7 Å². The zero-order valence-electron chi connectivity index (χ0n) is 14.9. The van der Waals surface area contributed by atoms with E-state index in [0.717, 1.165) is 4.88 Å². The minimum Gasteiger partial charge on any atom is -0.378 e. The number of benzene rings is 1. The Morgan fingerprint density at radius 1 is 1.18 bits per heavy atom. The maximum atomic E-state index is 14.2. The van der Waals surface area contributed by atoms with Gasteiger partial charge < -0.3 is 15.5 Å². The fourth-order valence-corrected chi connectivity index (χ4v) is 3.55. The van der Waals surface area contributed by atoms with Crippen LogP contribution in [-0.2, 0) is 6.54 Å². The van der Waals surface area contributed by atoms with Crippen LogP contribution in [0.15, 0.2) is 60.9 Å². The molecule has 0 radical (unpaired) electrons. The minimum absolute atomic E-state index is 0.104. The van der Waals surface area contributed by atoms with E-state index in [1.165, 1.54) is 23.5 Å². The maximum absolute atomic E-state index is 14.2. The first kappa shape index (κ1) is 18.1. The van der Waals surface area contributed by atoms with Crippen molar-refractivity contribution >= 4 is 33.9 Å². The van der Waals surface area contributed by atoms with Gasteiger partial charge in [-0.25, -0.2) is 14.4 Å². The Balaban J connectivity index is 1.40. The molecule has 2 N–H and O–H groups in total. The third kappa shape index (κ3) is 4.17. The van der Waals surface area contributed by atoms with Crippen molar-refractivity contribution in [1.82, 2.24) is 14.9 Å². The number of halogens is 1. The molecule has 142 valence electrons. The third-order valence-electron chi connectivity index (χ3n) is 4.23. The second-order valence-corrected chi connectivity index (χ2v) is 7.32. The van der Waals surface area contributed by atoms with Gasteiger partial charge in [-0.2, -0.15) is 0 Å². The van der Waals surface area contributed by atoms with Crippen LogP contribution in [0.2, 0.25) is 0 Å². The minimum atomic E-state index is -0.396. The summed E-state index contributed by atoms with van der Waals surface area (Å²) < 4.78 is 14.2. The number of amides is 1. The van der Waals surface area contributed by atoms with Crippen molar-refractivity contribution in [1.29, 1.82) is 0 Å². The van der Waals surface area contributed by atoms with Crippen LogP contribution in [0.3, 0.4) is 0 Å². The molecule has 28 heavy (non-hydrogen) atoms. The molecule has 0 saturated carbocycles. The highest BCUT2D eigenvalue weighted by Crippen LogP contribution is 2.24.